The van der Waals surface area contributed by atoms with Crippen LogP contribution in [0.15, 0.2) is 121 Å². The number of nitrogens with two attached hydrogens (primary N) is 1. The van der Waals surface area contributed by atoms with Gasteiger partial charge in [-0.1, -0.05) is 66.7 Å². The predicted molar refractivity (Wildman–Crippen MR) is 167 cm³/mol. The number of nitrogens with zero attached hydrogens (tertiary/aromatic N) is 5. The van der Waals surface area contributed by atoms with Crippen LogP contribution in [0, 0.1) is 0 Å². The Bertz CT molecular complexity index is 1720. The third kappa shape index (κ3) is 5.66. The summed E-state index contributed by atoms with van der Waals surface area (Å²) in [7, 11) is 1.60. The van der Waals surface area contributed by atoms with Gasteiger partial charge >= 0.3 is 6.03 Å². The van der Waals surface area contributed by atoms with Gasteiger partial charge in [0.05, 0.1) is 31.1 Å². The van der Waals surface area contributed by atoms with Crippen LogP contribution < -0.4 is 25.2 Å². The molecule has 1 atom stereocenters. The molecule has 3 amide bonds. The molecule has 1 aliphatic heterocycles. The van der Waals surface area contributed by atoms with Gasteiger partial charge in [-0.2, -0.15) is 4.98 Å². The smallest absolute Gasteiger partial charge is 0.335 e. The Morgan fingerprint density at radius 3 is 2.16 bits per heavy atom. The molecule has 5 aromatic rings. The zero-order chi connectivity index (χ0) is 29.8. The van der Waals surface area contributed by atoms with E-state index in [1.807, 2.05) is 115 Å². The average molecular weight is 571 g/mol. The highest BCUT2D eigenvalue weighted by Crippen LogP contribution is 2.37. The maximum absolute atomic E-state index is 14.1. The van der Waals surface area contributed by atoms with Gasteiger partial charge in [0.2, 0.25) is 5.95 Å². The maximum Gasteiger partial charge on any atom is 0.335 e. The molecule has 2 heterocycles. The normalized spacial score (nSPS) is 13.3. The summed E-state index contributed by atoms with van der Waals surface area (Å²) >= 11 is 0. The van der Waals surface area contributed by atoms with Gasteiger partial charge in [-0.05, 0) is 60.5 Å². The molecule has 0 radical (unpaired) electrons. The molecule has 0 aliphatic carbocycles. The monoisotopic (exact) mass is 570 g/mol. The Labute approximate surface area is 249 Å². The number of benzene rings is 4. The number of ether oxygens (including phenoxy) is 1. The number of aromatic nitrogens is 2. The molecule has 0 bridgehead atoms. The van der Waals surface area contributed by atoms with Crippen molar-refractivity contribution in [3.63, 3.8) is 0 Å². The van der Waals surface area contributed by atoms with E-state index >= 15 is 0 Å². The topological polar surface area (TPSA) is 105 Å². The summed E-state index contributed by atoms with van der Waals surface area (Å²) in [5, 5.41) is 0. The lowest BCUT2D eigenvalue weighted by Crippen LogP contribution is -2.46. The summed E-state index contributed by atoms with van der Waals surface area (Å²) in [5.41, 5.74) is 10.1. The Morgan fingerprint density at radius 1 is 0.884 bits per heavy atom. The molecule has 0 fully saturated rings. The van der Waals surface area contributed by atoms with Crippen LogP contribution in [0.5, 0.6) is 5.75 Å². The Hall–Kier alpha value is -5.54. The number of rotatable bonds is 8. The fourth-order valence-corrected chi connectivity index (χ4v) is 5.06. The number of anilines is 5. The first-order valence-corrected chi connectivity index (χ1v) is 13.9. The van der Waals surface area contributed by atoms with Crippen LogP contribution in [0.4, 0.5) is 33.6 Å². The quantitative estimate of drug-likeness (QED) is 0.245. The van der Waals surface area contributed by atoms with E-state index in [0.717, 1.165) is 11.1 Å². The van der Waals surface area contributed by atoms with Crippen LogP contribution in [0.3, 0.4) is 0 Å². The van der Waals surface area contributed by atoms with Gasteiger partial charge in [0.1, 0.15) is 5.75 Å². The van der Waals surface area contributed by atoms with E-state index < -0.39 is 6.04 Å². The van der Waals surface area contributed by atoms with Crippen molar-refractivity contribution < 1.29 is 14.3 Å². The number of para-hydroxylation sites is 2. The molecule has 1 aromatic heterocycles. The molecule has 0 unspecified atom stereocenters. The lowest BCUT2D eigenvalue weighted by molar-refractivity contribution is -0.119. The Kier molecular flexibility index (Phi) is 7.80. The summed E-state index contributed by atoms with van der Waals surface area (Å²) in [6.45, 7) is 0.247. The maximum atomic E-state index is 14.1. The SMILES string of the molecule is COc1ccc(N2Cc3cnc(N(C(=O)[C@@H](N)Cc4ccccc4)c4ccccc4)nc3N(c3ccccc3)C2=O)cc1. The minimum Gasteiger partial charge on any atom is -0.497 e. The zero-order valence-corrected chi connectivity index (χ0v) is 23.6. The second-order valence-corrected chi connectivity index (χ2v) is 10.1. The minimum atomic E-state index is -0.848. The molecular weight excluding hydrogens is 540 g/mol. The van der Waals surface area contributed by atoms with Crippen LogP contribution in [0.25, 0.3) is 0 Å². The number of amides is 3. The molecular formula is C34H30N6O3. The Morgan fingerprint density at radius 2 is 1.51 bits per heavy atom. The van der Waals surface area contributed by atoms with Crippen LogP contribution in [-0.4, -0.2) is 35.1 Å². The first-order valence-electron chi connectivity index (χ1n) is 13.9. The first-order chi connectivity index (χ1) is 21.0. The zero-order valence-electron chi connectivity index (χ0n) is 23.6. The first kappa shape index (κ1) is 27.6. The third-order valence-corrected chi connectivity index (χ3v) is 7.24. The largest absolute Gasteiger partial charge is 0.497 e. The molecule has 0 saturated carbocycles. The third-order valence-electron chi connectivity index (χ3n) is 7.24. The van der Waals surface area contributed by atoms with Gasteiger partial charge in [-0.15, -0.1) is 0 Å². The fourth-order valence-electron chi connectivity index (χ4n) is 5.06. The second-order valence-electron chi connectivity index (χ2n) is 10.1. The number of urea groups is 1. The van der Waals surface area contributed by atoms with Crippen LogP contribution in [-0.2, 0) is 17.8 Å². The van der Waals surface area contributed by atoms with Gasteiger partial charge in [0, 0.05) is 17.4 Å². The van der Waals surface area contributed by atoms with Crippen molar-refractivity contribution in [2.75, 3.05) is 21.8 Å². The van der Waals surface area contributed by atoms with E-state index in [1.54, 1.807) is 23.1 Å². The van der Waals surface area contributed by atoms with Crippen molar-refractivity contribution in [2.45, 2.75) is 19.0 Å². The van der Waals surface area contributed by atoms with Crippen molar-refractivity contribution in [3.8, 4) is 5.75 Å². The predicted octanol–water partition coefficient (Wildman–Crippen LogP) is 6.00. The fraction of sp³-hybridized carbons (Fsp3) is 0.118. The van der Waals surface area contributed by atoms with E-state index in [9.17, 15) is 9.59 Å². The van der Waals surface area contributed by atoms with Crippen molar-refractivity contribution in [1.29, 1.82) is 0 Å². The van der Waals surface area contributed by atoms with Crippen molar-refractivity contribution in [1.82, 2.24) is 9.97 Å². The number of methoxy groups -OCH3 is 1. The molecule has 9 heteroatoms. The molecule has 1 aliphatic rings. The molecule has 0 spiro atoms. The van der Waals surface area contributed by atoms with Crippen LogP contribution in [0.2, 0.25) is 0 Å². The summed E-state index contributed by atoms with van der Waals surface area (Å²) < 4.78 is 5.30. The molecule has 0 saturated heterocycles. The van der Waals surface area contributed by atoms with Gasteiger partial charge in [-0.3, -0.25) is 9.69 Å². The van der Waals surface area contributed by atoms with E-state index in [4.69, 9.17) is 15.5 Å². The summed E-state index contributed by atoms with van der Waals surface area (Å²) in [6, 6.07) is 34.2. The number of hydrogen-bond acceptors (Lipinski definition) is 6. The lowest BCUT2D eigenvalue weighted by Gasteiger charge is -2.36. The highest BCUT2D eigenvalue weighted by atomic mass is 16.5. The van der Waals surface area contributed by atoms with Crippen LogP contribution in [0.1, 0.15) is 11.1 Å². The average Bonchev–Trinajstić information content (AvgIpc) is 3.06. The minimum absolute atomic E-state index is 0.130. The van der Waals surface area contributed by atoms with Gasteiger partial charge < -0.3 is 10.5 Å². The summed E-state index contributed by atoms with van der Waals surface area (Å²) in [4.78, 5) is 42.2. The number of carbonyl (C=O) groups is 2. The highest BCUT2D eigenvalue weighted by Gasteiger charge is 2.36. The van der Waals surface area contributed by atoms with Gasteiger partial charge in [-0.25, -0.2) is 19.6 Å². The lowest BCUT2D eigenvalue weighted by atomic mass is 10.1. The molecule has 6 rings (SSSR count). The number of fused-ring (bicyclic) bond motifs is 1. The molecule has 214 valence electrons. The van der Waals surface area contributed by atoms with E-state index in [1.165, 1.54) is 4.90 Å². The van der Waals surface area contributed by atoms with Gasteiger partial charge in [0.25, 0.3) is 5.91 Å². The van der Waals surface area contributed by atoms with Crippen LogP contribution >= 0.6 is 0 Å². The summed E-state index contributed by atoms with van der Waals surface area (Å²) in [5.74, 6) is 0.863. The number of carbonyl (C=O) groups excluding carboxylic acids is 2. The Balaban J connectivity index is 1.42. The molecule has 2 N–H and O–H groups in total. The van der Waals surface area contributed by atoms with E-state index in [-0.39, 0.29) is 24.4 Å². The van der Waals surface area contributed by atoms with Crippen molar-refractivity contribution >= 4 is 40.8 Å². The standard InChI is InChI=1S/C34H30N6O3/c1-43-29-19-17-26(18-20-29)38-23-25-22-36-33(37-31(25)39(34(38)42)27-13-7-3-8-14-27)40(28-15-9-4-10-16-28)32(41)30(35)21-24-11-5-2-6-12-24/h2-20,22,30H,21,23,35H2,1H3/t30-/m0/s1. The molecule has 9 nitrogen and oxygen atoms in total. The van der Waals surface area contributed by atoms with Gasteiger partial charge in [0.15, 0.2) is 5.82 Å². The van der Waals surface area contributed by atoms with Crippen molar-refractivity contribution in [2.24, 2.45) is 5.73 Å². The van der Waals surface area contributed by atoms with Crippen molar-refractivity contribution in [3.05, 3.63) is 133 Å². The second kappa shape index (κ2) is 12.1. The highest BCUT2D eigenvalue weighted by molar-refractivity contribution is 6.10. The van der Waals surface area contributed by atoms with E-state index in [0.29, 0.717) is 35.1 Å². The van der Waals surface area contributed by atoms with E-state index in [2.05, 4.69) is 4.98 Å². The summed E-state index contributed by atoms with van der Waals surface area (Å²) in [6.07, 6.45) is 2.02. The molecule has 43 heavy (non-hydrogen) atoms. The molecule has 4 aromatic carbocycles. The number of hydrogen-bond donors (Lipinski definition) is 1.